The van der Waals surface area contributed by atoms with E-state index in [0.717, 1.165) is 0 Å². The van der Waals surface area contributed by atoms with Gasteiger partial charge in [-0.3, -0.25) is 9.78 Å². The molecule has 0 bridgehead atoms. The van der Waals surface area contributed by atoms with Crippen molar-refractivity contribution < 1.29 is 4.79 Å². The van der Waals surface area contributed by atoms with E-state index in [1.165, 1.54) is 25.5 Å². The third-order valence-corrected chi connectivity index (χ3v) is 3.53. The molecule has 2 rings (SSSR count). The highest BCUT2D eigenvalue weighted by atomic mass is 35.5. The number of hydrogen-bond acceptors (Lipinski definition) is 2. The Labute approximate surface area is 100 Å². The topological polar surface area (TPSA) is 42.0 Å². The second kappa shape index (κ2) is 4.83. The van der Waals surface area contributed by atoms with Crippen LogP contribution in [0.1, 0.15) is 36.5 Å². The quantitative estimate of drug-likeness (QED) is 0.880. The molecule has 1 heterocycles. The first-order valence-electron chi connectivity index (χ1n) is 5.59. The van der Waals surface area contributed by atoms with Gasteiger partial charge in [0.2, 0.25) is 0 Å². The number of carbonyl (C=O) groups is 1. The monoisotopic (exact) mass is 238 g/mol. The Balaban J connectivity index is 2.00. The second-order valence-electron chi connectivity index (χ2n) is 4.31. The van der Waals surface area contributed by atoms with Gasteiger partial charge in [-0.15, -0.1) is 0 Å². The van der Waals surface area contributed by atoms with Crippen LogP contribution in [0.3, 0.4) is 0 Å². The molecule has 1 atom stereocenters. The fourth-order valence-corrected chi connectivity index (χ4v) is 2.11. The Morgan fingerprint density at radius 1 is 1.62 bits per heavy atom. The zero-order valence-corrected chi connectivity index (χ0v) is 10.00. The number of pyridine rings is 1. The predicted molar refractivity (Wildman–Crippen MR) is 63.5 cm³/mol. The van der Waals surface area contributed by atoms with Gasteiger partial charge in [0.15, 0.2) is 0 Å². The molecule has 0 spiro atoms. The lowest BCUT2D eigenvalue weighted by Gasteiger charge is -2.31. The number of rotatable bonds is 3. The van der Waals surface area contributed by atoms with Gasteiger partial charge in [0, 0.05) is 18.4 Å². The molecule has 0 saturated heterocycles. The molecule has 1 aromatic rings. The van der Waals surface area contributed by atoms with Crippen molar-refractivity contribution in [2.24, 2.45) is 5.92 Å². The molecule has 1 N–H and O–H groups in total. The van der Waals surface area contributed by atoms with Crippen LogP contribution in [0, 0.1) is 5.92 Å². The number of amides is 1. The van der Waals surface area contributed by atoms with Crippen LogP contribution in [0.15, 0.2) is 18.5 Å². The molecule has 0 radical (unpaired) electrons. The summed E-state index contributed by atoms with van der Waals surface area (Å²) in [5.41, 5.74) is 0.503. The summed E-state index contributed by atoms with van der Waals surface area (Å²) in [6, 6.07) is 1.87. The zero-order chi connectivity index (χ0) is 11.5. The van der Waals surface area contributed by atoms with E-state index in [4.69, 9.17) is 11.6 Å². The van der Waals surface area contributed by atoms with E-state index in [-0.39, 0.29) is 11.9 Å². The largest absolute Gasteiger partial charge is 0.349 e. The number of nitrogens with zero attached hydrogens (tertiary/aromatic N) is 1. The summed E-state index contributed by atoms with van der Waals surface area (Å²) in [6.07, 6.45) is 6.78. The van der Waals surface area contributed by atoms with Crippen LogP contribution in [0.25, 0.3) is 0 Å². The minimum absolute atomic E-state index is 0.105. The lowest BCUT2D eigenvalue weighted by Crippen LogP contribution is -2.40. The van der Waals surface area contributed by atoms with E-state index in [1.807, 2.05) is 0 Å². The summed E-state index contributed by atoms with van der Waals surface area (Å²) in [5, 5.41) is 3.39. The number of nitrogens with one attached hydrogen (secondary N) is 1. The highest BCUT2D eigenvalue weighted by molar-refractivity contribution is 6.33. The van der Waals surface area contributed by atoms with Gasteiger partial charge in [0.25, 0.3) is 5.91 Å². The van der Waals surface area contributed by atoms with Gasteiger partial charge in [-0.2, -0.15) is 0 Å². The van der Waals surface area contributed by atoms with Crippen molar-refractivity contribution in [1.29, 1.82) is 0 Å². The lowest BCUT2D eigenvalue weighted by molar-refractivity contribution is 0.0909. The minimum atomic E-state index is -0.105. The minimum Gasteiger partial charge on any atom is -0.349 e. The summed E-state index contributed by atoms with van der Waals surface area (Å²) in [5.74, 6) is 0.524. The number of aromatic nitrogens is 1. The third-order valence-electron chi connectivity index (χ3n) is 3.23. The van der Waals surface area contributed by atoms with Crippen molar-refractivity contribution in [2.75, 3.05) is 0 Å². The van der Waals surface area contributed by atoms with Gasteiger partial charge >= 0.3 is 0 Å². The molecule has 86 valence electrons. The fourth-order valence-electron chi connectivity index (χ4n) is 1.90. The molecule has 1 saturated carbocycles. The summed E-state index contributed by atoms with van der Waals surface area (Å²) in [7, 11) is 0. The van der Waals surface area contributed by atoms with Gasteiger partial charge in [-0.25, -0.2) is 0 Å². The first-order chi connectivity index (χ1) is 7.68. The molecule has 1 unspecified atom stereocenters. The number of hydrogen-bond donors (Lipinski definition) is 1. The first kappa shape index (κ1) is 11.4. The number of halogens is 1. The molecule has 3 nitrogen and oxygen atoms in total. The lowest BCUT2D eigenvalue weighted by atomic mass is 9.80. The van der Waals surface area contributed by atoms with Crippen LogP contribution in [-0.2, 0) is 0 Å². The van der Waals surface area contributed by atoms with Crippen molar-refractivity contribution >= 4 is 17.5 Å². The van der Waals surface area contributed by atoms with Gasteiger partial charge in [-0.1, -0.05) is 18.0 Å². The molecule has 0 aromatic carbocycles. The van der Waals surface area contributed by atoms with Crippen LogP contribution < -0.4 is 5.32 Å². The summed E-state index contributed by atoms with van der Waals surface area (Å²) < 4.78 is 0. The second-order valence-corrected chi connectivity index (χ2v) is 4.72. The van der Waals surface area contributed by atoms with Gasteiger partial charge in [-0.05, 0) is 31.7 Å². The molecule has 1 aliphatic carbocycles. The average molecular weight is 239 g/mol. The van der Waals surface area contributed by atoms with Crippen molar-refractivity contribution in [1.82, 2.24) is 10.3 Å². The molecule has 1 aromatic heterocycles. The Hall–Kier alpha value is -1.09. The molecule has 1 aliphatic rings. The van der Waals surface area contributed by atoms with Gasteiger partial charge < -0.3 is 5.32 Å². The van der Waals surface area contributed by atoms with Gasteiger partial charge in [0.1, 0.15) is 0 Å². The Morgan fingerprint density at radius 3 is 2.94 bits per heavy atom. The van der Waals surface area contributed by atoms with Crippen molar-refractivity contribution in [3.05, 3.63) is 29.0 Å². The molecule has 1 amide bonds. The van der Waals surface area contributed by atoms with Crippen LogP contribution in [-0.4, -0.2) is 16.9 Å². The van der Waals surface area contributed by atoms with E-state index in [1.54, 1.807) is 12.3 Å². The van der Waals surface area contributed by atoms with Crippen molar-refractivity contribution in [3.63, 3.8) is 0 Å². The fraction of sp³-hybridized carbons (Fsp3) is 0.500. The smallest absolute Gasteiger partial charge is 0.253 e. The maximum Gasteiger partial charge on any atom is 0.253 e. The van der Waals surface area contributed by atoms with Crippen molar-refractivity contribution in [2.45, 2.75) is 32.2 Å². The molecular weight excluding hydrogens is 224 g/mol. The first-order valence-corrected chi connectivity index (χ1v) is 5.96. The normalized spacial score (nSPS) is 17.6. The van der Waals surface area contributed by atoms with Crippen LogP contribution in [0.5, 0.6) is 0 Å². The predicted octanol–water partition coefficient (Wildman–Crippen LogP) is 2.65. The summed E-state index contributed by atoms with van der Waals surface area (Å²) in [6.45, 7) is 2.05. The highest BCUT2D eigenvalue weighted by Gasteiger charge is 2.25. The number of carbonyl (C=O) groups excluding carboxylic acids is 1. The Bertz CT molecular complexity index is 390. The van der Waals surface area contributed by atoms with E-state index >= 15 is 0 Å². The SMILES string of the molecule is CC(NC(=O)c1ccncc1Cl)C1CCC1. The maximum absolute atomic E-state index is 11.9. The van der Waals surface area contributed by atoms with E-state index in [9.17, 15) is 4.79 Å². The standard InChI is InChI=1S/C12H15ClN2O/c1-8(9-3-2-4-9)15-12(16)10-5-6-14-7-11(10)13/h5-9H,2-4H2,1H3,(H,15,16). The van der Waals surface area contributed by atoms with Crippen LogP contribution >= 0.6 is 11.6 Å². The molecule has 1 fully saturated rings. The Morgan fingerprint density at radius 2 is 2.38 bits per heavy atom. The molecule has 0 aliphatic heterocycles. The molecule has 4 heteroatoms. The molecule has 16 heavy (non-hydrogen) atoms. The summed E-state index contributed by atoms with van der Waals surface area (Å²) >= 11 is 5.91. The zero-order valence-electron chi connectivity index (χ0n) is 9.24. The van der Waals surface area contributed by atoms with Gasteiger partial charge in [0.05, 0.1) is 10.6 Å². The third kappa shape index (κ3) is 2.35. The van der Waals surface area contributed by atoms with Crippen LogP contribution in [0.2, 0.25) is 5.02 Å². The summed E-state index contributed by atoms with van der Waals surface area (Å²) in [4.78, 5) is 15.8. The van der Waals surface area contributed by atoms with E-state index in [0.29, 0.717) is 16.5 Å². The average Bonchev–Trinajstić information content (AvgIpc) is 2.15. The molecular formula is C12H15ClN2O. The maximum atomic E-state index is 11.9. The van der Waals surface area contributed by atoms with Crippen molar-refractivity contribution in [3.8, 4) is 0 Å². The highest BCUT2D eigenvalue weighted by Crippen LogP contribution is 2.29. The van der Waals surface area contributed by atoms with E-state index in [2.05, 4.69) is 17.2 Å². The Kier molecular flexibility index (Phi) is 3.44. The van der Waals surface area contributed by atoms with Crippen LogP contribution in [0.4, 0.5) is 0 Å². The van der Waals surface area contributed by atoms with E-state index < -0.39 is 0 Å².